The molecule has 0 N–H and O–H groups in total. The summed E-state index contributed by atoms with van der Waals surface area (Å²) in [6.07, 6.45) is 2.96. The van der Waals surface area contributed by atoms with E-state index in [9.17, 15) is 0 Å². The van der Waals surface area contributed by atoms with Crippen LogP contribution in [0.15, 0.2) is 0 Å². The van der Waals surface area contributed by atoms with E-state index in [0.29, 0.717) is 0 Å². The molecule has 7 heavy (non-hydrogen) atoms. The zero-order chi connectivity index (χ0) is 4.69. The quantitative estimate of drug-likeness (QED) is 0.461. The SMILES string of the molecule is C1SCC2C[C]1C2. The Kier molecular flexibility index (Phi) is 0.857. The Morgan fingerprint density at radius 3 is 2.43 bits per heavy atom. The molecule has 1 radical (unpaired) electrons. The second-order valence-corrected chi connectivity index (χ2v) is 3.57. The van der Waals surface area contributed by atoms with Crippen molar-refractivity contribution in [1.29, 1.82) is 0 Å². The van der Waals surface area contributed by atoms with Gasteiger partial charge in [0.05, 0.1) is 0 Å². The summed E-state index contributed by atoms with van der Waals surface area (Å²) >= 11 is 2.12. The van der Waals surface area contributed by atoms with Crippen molar-refractivity contribution in [3.63, 3.8) is 0 Å². The molecular weight excluding hydrogens is 104 g/mol. The lowest BCUT2D eigenvalue weighted by Gasteiger charge is -2.39. The van der Waals surface area contributed by atoms with Crippen molar-refractivity contribution in [3.8, 4) is 0 Å². The number of hydrogen-bond donors (Lipinski definition) is 0. The van der Waals surface area contributed by atoms with Crippen LogP contribution in [0, 0.1) is 11.8 Å². The Hall–Kier alpha value is 0.350. The van der Waals surface area contributed by atoms with Crippen LogP contribution in [-0.2, 0) is 0 Å². The topological polar surface area (TPSA) is 0 Å². The molecule has 0 aromatic carbocycles. The van der Waals surface area contributed by atoms with Gasteiger partial charge in [-0.2, -0.15) is 11.8 Å². The van der Waals surface area contributed by atoms with Gasteiger partial charge in [0.2, 0.25) is 0 Å². The van der Waals surface area contributed by atoms with Gasteiger partial charge < -0.3 is 0 Å². The van der Waals surface area contributed by atoms with Crippen LogP contribution >= 0.6 is 11.8 Å². The van der Waals surface area contributed by atoms with Crippen LogP contribution in [0.5, 0.6) is 0 Å². The van der Waals surface area contributed by atoms with Crippen molar-refractivity contribution < 1.29 is 0 Å². The van der Waals surface area contributed by atoms with Gasteiger partial charge >= 0.3 is 0 Å². The van der Waals surface area contributed by atoms with E-state index in [1.54, 1.807) is 0 Å². The second kappa shape index (κ2) is 1.41. The highest BCUT2D eigenvalue weighted by Crippen LogP contribution is 2.44. The Bertz CT molecular complexity index is 60.7. The van der Waals surface area contributed by atoms with Gasteiger partial charge in [-0.05, 0) is 36.2 Å². The summed E-state index contributed by atoms with van der Waals surface area (Å²) in [7, 11) is 0. The fraction of sp³-hybridized carbons (Fsp3) is 0.833. The summed E-state index contributed by atoms with van der Waals surface area (Å²) in [5, 5.41) is 0. The molecule has 0 spiro atoms. The molecule has 0 unspecified atom stereocenters. The van der Waals surface area contributed by atoms with Crippen molar-refractivity contribution in [2.24, 2.45) is 5.92 Å². The van der Waals surface area contributed by atoms with E-state index in [-0.39, 0.29) is 0 Å². The Balaban J connectivity index is 1.99. The van der Waals surface area contributed by atoms with Crippen LogP contribution < -0.4 is 0 Å². The summed E-state index contributed by atoms with van der Waals surface area (Å²) in [5.74, 6) is 5.76. The molecule has 1 heteroatoms. The molecule has 0 aromatic rings. The first kappa shape index (κ1) is 4.25. The lowest BCUT2D eigenvalue weighted by molar-refractivity contribution is 0.389. The Morgan fingerprint density at radius 1 is 1.43 bits per heavy atom. The third kappa shape index (κ3) is 0.584. The molecule has 0 nitrogen and oxygen atoms in total. The van der Waals surface area contributed by atoms with Crippen molar-refractivity contribution in [2.45, 2.75) is 12.8 Å². The molecule has 3 fully saturated rings. The summed E-state index contributed by atoms with van der Waals surface area (Å²) < 4.78 is 0. The maximum absolute atomic E-state index is 2.12. The first-order valence-corrected chi connectivity index (χ1v) is 4.02. The van der Waals surface area contributed by atoms with E-state index in [1.807, 2.05) is 5.92 Å². The monoisotopic (exact) mass is 113 g/mol. The molecule has 39 valence electrons. The number of rotatable bonds is 0. The van der Waals surface area contributed by atoms with Gasteiger partial charge in [-0.25, -0.2) is 0 Å². The van der Waals surface area contributed by atoms with Crippen LogP contribution in [0.3, 0.4) is 0 Å². The van der Waals surface area contributed by atoms with E-state index >= 15 is 0 Å². The third-order valence-corrected chi connectivity index (χ3v) is 3.13. The van der Waals surface area contributed by atoms with E-state index in [1.165, 1.54) is 24.3 Å². The highest BCUT2D eigenvalue weighted by molar-refractivity contribution is 7.99. The summed E-state index contributed by atoms with van der Waals surface area (Å²) in [6.45, 7) is 0. The largest absolute Gasteiger partial charge is 0.161 e. The van der Waals surface area contributed by atoms with E-state index in [0.717, 1.165) is 5.92 Å². The molecule has 2 aliphatic heterocycles. The van der Waals surface area contributed by atoms with Crippen LogP contribution in [0.25, 0.3) is 0 Å². The van der Waals surface area contributed by atoms with Gasteiger partial charge in [-0.1, -0.05) is 0 Å². The highest BCUT2D eigenvalue weighted by Gasteiger charge is 2.33. The Morgan fingerprint density at radius 2 is 2.29 bits per heavy atom. The number of fused-ring (bicyclic) bond motifs is 2. The average Bonchev–Trinajstić information content (AvgIpc) is 1.67. The average molecular weight is 113 g/mol. The molecule has 2 bridgehead atoms. The molecule has 3 aliphatic rings. The van der Waals surface area contributed by atoms with Crippen LogP contribution in [0.2, 0.25) is 0 Å². The van der Waals surface area contributed by atoms with Crippen molar-refractivity contribution in [3.05, 3.63) is 5.92 Å². The van der Waals surface area contributed by atoms with Crippen molar-refractivity contribution in [1.82, 2.24) is 0 Å². The minimum absolute atomic E-state index is 1.11. The zero-order valence-corrected chi connectivity index (χ0v) is 5.13. The highest BCUT2D eigenvalue weighted by atomic mass is 32.2. The Labute approximate surface area is 48.7 Å². The molecule has 0 aromatic heterocycles. The van der Waals surface area contributed by atoms with Gasteiger partial charge in [0.25, 0.3) is 0 Å². The molecule has 1 saturated carbocycles. The fourth-order valence-corrected chi connectivity index (χ4v) is 2.57. The first-order valence-electron chi connectivity index (χ1n) is 2.86. The van der Waals surface area contributed by atoms with Crippen LogP contribution in [-0.4, -0.2) is 11.5 Å². The molecule has 0 atom stereocenters. The van der Waals surface area contributed by atoms with Gasteiger partial charge in [0.15, 0.2) is 0 Å². The molecule has 2 heterocycles. The van der Waals surface area contributed by atoms with E-state index in [4.69, 9.17) is 0 Å². The van der Waals surface area contributed by atoms with Gasteiger partial charge in [0.1, 0.15) is 0 Å². The van der Waals surface area contributed by atoms with Crippen LogP contribution in [0.4, 0.5) is 0 Å². The molecule has 3 rings (SSSR count). The maximum Gasteiger partial charge on any atom is -0.000487 e. The van der Waals surface area contributed by atoms with Gasteiger partial charge in [0, 0.05) is 0 Å². The predicted octanol–water partition coefficient (Wildman–Crippen LogP) is 1.72. The molecule has 0 amide bonds. The normalized spacial score (nSPS) is 32.6. The maximum atomic E-state index is 2.12. The predicted molar refractivity (Wildman–Crippen MR) is 33.3 cm³/mol. The number of hydrogen-bond acceptors (Lipinski definition) is 1. The minimum Gasteiger partial charge on any atom is -0.161 e. The molecule has 2 saturated heterocycles. The third-order valence-electron chi connectivity index (χ3n) is 1.81. The summed E-state index contributed by atoms with van der Waals surface area (Å²) in [5.41, 5.74) is 0. The second-order valence-electron chi connectivity index (χ2n) is 2.54. The standard InChI is InChI=1S/C6H9S/c1-5-2-6(1)4-7-3-5/h5H,1-4H2. The smallest absolute Gasteiger partial charge is 0.000487 e. The summed E-state index contributed by atoms with van der Waals surface area (Å²) in [4.78, 5) is 0. The molecule has 1 aliphatic carbocycles. The molecular formula is C6H9S. The van der Waals surface area contributed by atoms with Gasteiger partial charge in [-0.15, -0.1) is 0 Å². The van der Waals surface area contributed by atoms with Crippen molar-refractivity contribution in [2.75, 3.05) is 11.5 Å². The van der Waals surface area contributed by atoms with E-state index < -0.39 is 0 Å². The minimum atomic E-state index is 1.11. The lowest BCUT2D eigenvalue weighted by atomic mass is 9.77. The van der Waals surface area contributed by atoms with Crippen LogP contribution in [0.1, 0.15) is 12.8 Å². The first-order chi connectivity index (χ1) is 3.45. The summed E-state index contributed by atoms with van der Waals surface area (Å²) in [6, 6.07) is 0. The van der Waals surface area contributed by atoms with Crippen molar-refractivity contribution >= 4 is 11.8 Å². The van der Waals surface area contributed by atoms with Gasteiger partial charge in [-0.3, -0.25) is 0 Å². The number of thioether (sulfide) groups is 1. The lowest BCUT2D eigenvalue weighted by Crippen LogP contribution is -2.30. The van der Waals surface area contributed by atoms with E-state index in [2.05, 4.69) is 11.8 Å². The fourth-order valence-electron chi connectivity index (χ4n) is 1.36. The zero-order valence-electron chi connectivity index (χ0n) is 4.31.